The van der Waals surface area contributed by atoms with E-state index < -0.39 is 5.97 Å². The molecule has 4 nitrogen and oxygen atoms in total. The van der Waals surface area contributed by atoms with Gasteiger partial charge in [0.05, 0.1) is 6.61 Å². The van der Waals surface area contributed by atoms with Crippen molar-refractivity contribution in [3.8, 4) is 11.5 Å². The minimum absolute atomic E-state index is 0.264. The molecule has 2 aromatic carbocycles. The number of halogens is 2. The molecule has 0 heterocycles. The van der Waals surface area contributed by atoms with Crippen LogP contribution in [0.1, 0.15) is 18.1 Å². The highest BCUT2D eigenvalue weighted by Gasteiger charge is 2.08. The van der Waals surface area contributed by atoms with Crippen molar-refractivity contribution in [2.75, 3.05) is 6.61 Å². The average molecular weight is 367 g/mol. The molecule has 2 rings (SSSR count). The van der Waals surface area contributed by atoms with Crippen LogP contribution in [0.4, 0.5) is 0 Å². The highest BCUT2D eigenvalue weighted by Crippen LogP contribution is 2.31. The van der Waals surface area contributed by atoms with E-state index in [1.807, 2.05) is 6.92 Å². The van der Waals surface area contributed by atoms with Gasteiger partial charge in [0.25, 0.3) is 0 Å². The summed E-state index contributed by atoms with van der Waals surface area (Å²) in [6.07, 6.45) is 2.56. The van der Waals surface area contributed by atoms with Crippen molar-refractivity contribution in [1.29, 1.82) is 0 Å². The van der Waals surface area contributed by atoms with Gasteiger partial charge in [0, 0.05) is 21.7 Å². The monoisotopic (exact) mass is 366 g/mol. The first-order chi connectivity index (χ1) is 11.5. The van der Waals surface area contributed by atoms with Crippen LogP contribution in [0.3, 0.4) is 0 Å². The fourth-order valence-electron chi connectivity index (χ4n) is 1.98. The molecule has 0 aliphatic rings. The number of hydrogen-bond donors (Lipinski definition) is 1. The Labute approximate surface area is 150 Å². The minimum Gasteiger partial charge on any atom is -0.490 e. The normalized spacial score (nSPS) is 10.8. The van der Waals surface area contributed by atoms with Crippen LogP contribution >= 0.6 is 23.2 Å². The second kappa shape index (κ2) is 8.62. The van der Waals surface area contributed by atoms with E-state index in [4.69, 9.17) is 37.8 Å². The molecule has 0 bridgehead atoms. The van der Waals surface area contributed by atoms with E-state index in [2.05, 4.69) is 0 Å². The molecule has 24 heavy (non-hydrogen) atoms. The number of carboxylic acids is 1. The molecule has 6 heteroatoms. The lowest BCUT2D eigenvalue weighted by Crippen LogP contribution is -2.00. The van der Waals surface area contributed by atoms with Gasteiger partial charge < -0.3 is 14.6 Å². The van der Waals surface area contributed by atoms with Gasteiger partial charge in [-0.3, -0.25) is 0 Å². The summed E-state index contributed by atoms with van der Waals surface area (Å²) in [5.74, 6) is 0.0798. The van der Waals surface area contributed by atoms with Crippen molar-refractivity contribution >= 4 is 35.2 Å². The third-order valence-corrected chi connectivity index (χ3v) is 3.67. The van der Waals surface area contributed by atoms with Gasteiger partial charge in [0.15, 0.2) is 11.5 Å². The summed E-state index contributed by atoms with van der Waals surface area (Å²) in [4.78, 5) is 10.6. The molecule has 0 unspecified atom stereocenters. The molecule has 1 N–H and O–H groups in total. The lowest BCUT2D eigenvalue weighted by atomic mass is 10.2. The summed E-state index contributed by atoms with van der Waals surface area (Å²) in [7, 11) is 0. The van der Waals surface area contributed by atoms with E-state index in [9.17, 15) is 4.79 Å². The van der Waals surface area contributed by atoms with Crippen LogP contribution < -0.4 is 9.47 Å². The number of carboxylic acid groups (broad SMARTS) is 1. The number of benzene rings is 2. The maximum Gasteiger partial charge on any atom is 0.328 e. The lowest BCUT2D eigenvalue weighted by molar-refractivity contribution is -0.131. The smallest absolute Gasteiger partial charge is 0.328 e. The Morgan fingerprint density at radius 1 is 1.12 bits per heavy atom. The first-order valence-electron chi connectivity index (χ1n) is 7.24. The van der Waals surface area contributed by atoms with Gasteiger partial charge in [-0.05, 0) is 42.8 Å². The number of aliphatic carboxylic acids is 1. The number of hydrogen-bond acceptors (Lipinski definition) is 3. The van der Waals surface area contributed by atoms with Gasteiger partial charge in [0.1, 0.15) is 6.61 Å². The minimum atomic E-state index is -1.01. The van der Waals surface area contributed by atoms with Crippen LogP contribution in [0.25, 0.3) is 6.08 Å². The molecule has 2 aromatic rings. The largest absolute Gasteiger partial charge is 0.490 e. The summed E-state index contributed by atoms with van der Waals surface area (Å²) in [5, 5.41) is 9.79. The topological polar surface area (TPSA) is 55.8 Å². The van der Waals surface area contributed by atoms with Crippen molar-refractivity contribution in [3.05, 3.63) is 63.6 Å². The van der Waals surface area contributed by atoms with Gasteiger partial charge in [0.2, 0.25) is 0 Å². The molecule has 0 spiro atoms. The van der Waals surface area contributed by atoms with Gasteiger partial charge in [-0.2, -0.15) is 0 Å². The predicted molar refractivity (Wildman–Crippen MR) is 95.1 cm³/mol. The Bertz CT molecular complexity index is 757. The third kappa shape index (κ3) is 5.18. The van der Waals surface area contributed by atoms with Crippen molar-refractivity contribution < 1.29 is 19.4 Å². The van der Waals surface area contributed by atoms with E-state index in [0.29, 0.717) is 33.7 Å². The summed E-state index contributed by atoms with van der Waals surface area (Å²) >= 11 is 12.0. The third-order valence-electron chi connectivity index (χ3n) is 3.08. The summed E-state index contributed by atoms with van der Waals surface area (Å²) in [5.41, 5.74) is 1.51. The number of rotatable bonds is 7. The molecular formula is C18H16Cl2O4. The fraction of sp³-hybridized carbons (Fsp3) is 0.167. The SMILES string of the molecule is CCOc1cc(/C=C/C(=O)O)ccc1OCc1ccc(Cl)cc1Cl. The predicted octanol–water partition coefficient (Wildman–Crippen LogP) is 5.07. The number of ether oxygens (including phenoxy) is 2. The van der Waals surface area contributed by atoms with E-state index in [0.717, 1.165) is 11.6 Å². The second-order valence-electron chi connectivity index (χ2n) is 4.84. The molecule has 0 saturated carbocycles. The average Bonchev–Trinajstić information content (AvgIpc) is 2.53. The molecule has 0 aliphatic heterocycles. The maximum atomic E-state index is 10.6. The standard InChI is InChI=1S/C18H16Cl2O4/c1-2-23-17-9-12(4-8-18(21)22)3-7-16(17)24-11-13-5-6-14(19)10-15(13)20/h3-10H,2,11H2,1H3,(H,21,22)/b8-4+. The Kier molecular flexibility index (Phi) is 6.53. The molecule has 0 aromatic heterocycles. The van der Waals surface area contributed by atoms with Crippen LogP contribution in [0.15, 0.2) is 42.5 Å². The van der Waals surface area contributed by atoms with Gasteiger partial charge in [-0.1, -0.05) is 35.3 Å². The summed E-state index contributed by atoms with van der Waals surface area (Å²) in [6.45, 7) is 2.59. The van der Waals surface area contributed by atoms with E-state index in [-0.39, 0.29) is 6.61 Å². The molecule has 0 atom stereocenters. The highest BCUT2D eigenvalue weighted by atomic mass is 35.5. The van der Waals surface area contributed by atoms with Crippen LogP contribution in [0.2, 0.25) is 10.0 Å². The Morgan fingerprint density at radius 2 is 1.92 bits per heavy atom. The van der Waals surface area contributed by atoms with Gasteiger partial charge in [-0.15, -0.1) is 0 Å². The lowest BCUT2D eigenvalue weighted by Gasteiger charge is -2.13. The van der Waals surface area contributed by atoms with Crippen LogP contribution in [0, 0.1) is 0 Å². The first kappa shape index (κ1) is 18.2. The van der Waals surface area contributed by atoms with Crippen molar-refractivity contribution in [3.63, 3.8) is 0 Å². The Balaban J connectivity index is 2.17. The van der Waals surface area contributed by atoms with Crippen molar-refractivity contribution in [2.24, 2.45) is 0 Å². The second-order valence-corrected chi connectivity index (χ2v) is 5.68. The number of carbonyl (C=O) groups is 1. The quantitative estimate of drug-likeness (QED) is 0.695. The fourth-order valence-corrected chi connectivity index (χ4v) is 2.44. The van der Waals surface area contributed by atoms with Gasteiger partial charge in [-0.25, -0.2) is 4.79 Å². The highest BCUT2D eigenvalue weighted by molar-refractivity contribution is 6.35. The summed E-state index contributed by atoms with van der Waals surface area (Å²) < 4.78 is 11.3. The van der Waals surface area contributed by atoms with Crippen molar-refractivity contribution in [2.45, 2.75) is 13.5 Å². The van der Waals surface area contributed by atoms with E-state index >= 15 is 0 Å². The molecular weight excluding hydrogens is 351 g/mol. The molecule has 0 aliphatic carbocycles. The zero-order chi connectivity index (χ0) is 17.5. The Hall–Kier alpha value is -2.17. The van der Waals surface area contributed by atoms with Crippen LogP contribution in [0.5, 0.6) is 11.5 Å². The first-order valence-corrected chi connectivity index (χ1v) is 7.99. The molecule has 0 fully saturated rings. The molecule has 126 valence electrons. The van der Waals surface area contributed by atoms with Crippen LogP contribution in [-0.4, -0.2) is 17.7 Å². The molecule has 0 radical (unpaired) electrons. The zero-order valence-corrected chi connectivity index (χ0v) is 14.5. The maximum absolute atomic E-state index is 10.6. The molecule has 0 saturated heterocycles. The van der Waals surface area contributed by atoms with E-state index in [1.54, 1.807) is 36.4 Å². The van der Waals surface area contributed by atoms with E-state index in [1.165, 1.54) is 6.08 Å². The van der Waals surface area contributed by atoms with Crippen molar-refractivity contribution in [1.82, 2.24) is 0 Å². The Morgan fingerprint density at radius 3 is 2.58 bits per heavy atom. The molecule has 0 amide bonds. The zero-order valence-electron chi connectivity index (χ0n) is 13.0. The van der Waals surface area contributed by atoms with Crippen LogP contribution in [-0.2, 0) is 11.4 Å². The summed E-state index contributed by atoms with van der Waals surface area (Å²) in [6, 6.07) is 10.4. The van der Waals surface area contributed by atoms with Gasteiger partial charge >= 0.3 is 5.97 Å².